The summed E-state index contributed by atoms with van der Waals surface area (Å²) >= 11 is 6.46. The van der Waals surface area contributed by atoms with E-state index in [-0.39, 0.29) is 5.78 Å². The van der Waals surface area contributed by atoms with Gasteiger partial charge in [-0.25, -0.2) is 0 Å². The molecule has 0 fully saturated rings. The summed E-state index contributed by atoms with van der Waals surface area (Å²) in [6, 6.07) is 16.7. The zero-order valence-corrected chi connectivity index (χ0v) is 12.4. The van der Waals surface area contributed by atoms with Crippen molar-refractivity contribution in [3.8, 4) is 0 Å². The van der Waals surface area contributed by atoms with Gasteiger partial charge in [0.25, 0.3) is 0 Å². The highest BCUT2D eigenvalue weighted by molar-refractivity contribution is 6.39. The number of benzene rings is 4. The highest BCUT2D eigenvalue weighted by Crippen LogP contribution is 2.39. The highest BCUT2D eigenvalue weighted by Gasteiger charge is 2.14. The van der Waals surface area contributed by atoms with Gasteiger partial charge >= 0.3 is 0 Å². The molecule has 21 heavy (non-hydrogen) atoms. The summed E-state index contributed by atoms with van der Waals surface area (Å²) in [5.41, 5.74) is 1.01. The van der Waals surface area contributed by atoms with Gasteiger partial charge in [-0.15, -0.1) is 0 Å². The molecule has 0 amide bonds. The Morgan fingerprint density at radius 2 is 1.62 bits per heavy atom. The molecule has 0 atom stereocenters. The Balaban J connectivity index is 2.27. The smallest absolute Gasteiger partial charge is 0.134 e. The van der Waals surface area contributed by atoms with Crippen LogP contribution in [0.3, 0.4) is 0 Å². The first-order valence-corrected chi connectivity index (χ1v) is 7.37. The summed E-state index contributed by atoms with van der Waals surface area (Å²) in [5.74, 6) is 0.154. The molecule has 0 aliphatic carbocycles. The van der Waals surface area contributed by atoms with Gasteiger partial charge in [-0.05, 0) is 45.5 Å². The fourth-order valence-electron chi connectivity index (χ4n) is 3.27. The molecule has 0 unspecified atom stereocenters. The number of Topliss-reactive ketones (excluding diaryl/α,β-unsaturated/α-hetero) is 1. The number of hydrogen-bond donors (Lipinski definition) is 0. The second kappa shape index (κ2) is 4.44. The minimum absolute atomic E-state index is 0.154. The molecule has 0 N–H and O–H groups in total. The van der Waals surface area contributed by atoms with Crippen LogP contribution in [0.25, 0.3) is 32.3 Å². The van der Waals surface area contributed by atoms with E-state index in [4.69, 9.17) is 11.6 Å². The van der Waals surface area contributed by atoms with Gasteiger partial charge in [0.15, 0.2) is 0 Å². The summed E-state index contributed by atoms with van der Waals surface area (Å²) < 4.78 is 0. The Morgan fingerprint density at radius 3 is 2.29 bits per heavy atom. The van der Waals surface area contributed by atoms with Crippen molar-refractivity contribution in [2.45, 2.75) is 13.3 Å². The van der Waals surface area contributed by atoms with Crippen LogP contribution in [-0.2, 0) is 11.2 Å². The number of rotatable bonds is 2. The van der Waals surface area contributed by atoms with E-state index in [0.717, 1.165) is 21.4 Å². The highest BCUT2D eigenvalue weighted by atomic mass is 35.5. The lowest BCUT2D eigenvalue weighted by Gasteiger charge is -2.14. The molecule has 0 aromatic heterocycles. The average molecular weight is 293 g/mol. The van der Waals surface area contributed by atoms with Crippen LogP contribution >= 0.6 is 11.6 Å². The zero-order chi connectivity index (χ0) is 14.6. The minimum atomic E-state index is 0.154. The molecule has 0 saturated carbocycles. The van der Waals surface area contributed by atoms with E-state index in [9.17, 15) is 4.79 Å². The first kappa shape index (κ1) is 12.6. The second-order valence-electron chi connectivity index (χ2n) is 5.58. The van der Waals surface area contributed by atoms with Gasteiger partial charge < -0.3 is 0 Å². The van der Waals surface area contributed by atoms with Gasteiger partial charge in [0.05, 0.1) is 0 Å². The van der Waals surface area contributed by atoms with Gasteiger partial charge in [-0.3, -0.25) is 4.79 Å². The van der Waals surface area contributed by atoms with Crippen LogP contribution in [0, 0.1) is 0 Å². The fraction of sp³-hybridized carbons (Fsp3) is 0.105. The standard InChI is InChI=1S/C19H13ClO/c1-11(21)9-14-10-17(20)16-8-6-13-4-2-3-12-5-7-15(14)19(16)18(12)13/h2-8,10H,9H2,1H3. The molecule has 1 nitrogen and oxygen atoms in total. The zero-order valence-electron chi connectivity index (χ0n) is 11.6. The van der Waals surface area contributed by atoms with Crippen LogP contribution < -0.4 is 0 Å². The summed E-state index contributed by atoms with van der Waals surface area (Å²) in [6.45, 7) is 1.62. The molecular formula is C19H13ClO. The maximum Gasteiger partial charge on any atom is 0.134 e. The maximum atomic E-state index is 11.5. The van der Waals surface area contributed by atoms with E-state index in [1.54, 1.807) is 6.92 Å². The van der Waals surface area contributed by atoms with Crippen molar-refractivity contribution >= 4 is 49.7 Å². The van der Waals surface area contributed by atoms with E-state index >= 15 is 0 Å². The molecule has 0 heterocycles. The van der Waals surface area contributed by atoms with E-state index in [1.165, 1.54) is 21.5 Å². The molecule has 0 aliphatic heterocycles. The predicted octanol–water partition coefficient (Wildman–Crippen LogP) is 5.37. The van der Waals surface area contributed by atoms with Crippen LogP contribution in [0.2, 0.25) is 5.02 Å². The summed E-state index contributed by atoms with van der Waals surface area (Å²) in [4.78, 5) is 11.5. The molecule has 0 aliphatic rings. The van der Waals surface area contributed by atoms with Crippen molar-refractivity contribution in [3.05, 3.63) is 59.1 Å². The van der Waals surface area contributed by atoms with Crippen LogP contribution in [0.1, 0.15) is 12.5 Å². The van der Waals surface area contributed by atoms with Gasteiger partial charge in [0, 0.05) is 16.8 Å². The van der Waals surface area contributed by atoms with Gasteiger partial charge in [0.1, 0.15) is 5.78 Å². The molecule has 4 aromatic carbocycles. The van der Waals surface area contributed by atoms with Gasteiger partial charge in [-0.2, -0.15) is 0 Å². The molecular weight excluding hydrogens is 280 g/mol. The van der Waals surface area contributed by atoms with Gasteiger partial charge in [-0.1, -0.05) is 54.1 Å². The third-order valence-corrected chi connectivity index (χ3v) is 4.43. The Morgan fingerprint density at radius 1 is 0.952 bits per heavy atom. The number of halogens is 1. The average Bonchev–Trinajstić information content (AvgIpc) is 2.46. The topological polar surface area (TPSA) is 17.1 Å². The molecule has 4 aromatic rings. The van der Waals surface area contributed by atoms with E-state index in [0.29, 0.717) is 6.42 Å². The summed E-state index contributed by atoms with van der Waals surface area (Å²) in [6.07, 6.45) is 0.424. The third kappa shape index (κ3) is 1.81. The summed E-state index contributed by atoms with van der Waals surface area (Å²) in [5, 5.41) is 7.74. The van der Waals surface area contributed by atoms with Crippen molar-refractivity contribution in [3.63, 3.8) is 0 Å². The van der Waals surface area contributed by atoms with Crippen LogP contribution in [0.5, 0.6) is 0 Å². The number of ketones is 1. The second-order valence-corrected chi connectivity index (χ2v) is 5.98. The van der Waals surface area contributed by atoms with E-state index < -0.39 is 0 Å². The maximum absolute atomic E-state index is 11.5. The van der Waals surface area contributed by atoms with Crippen LogP contribution in [0.4, 0.5) is 0 Å². The Kier molecular flexibility index (Phi) is 2.66. The molecule has 102 valence electrons. The van der Waals surface area contributed by atoms with Crippen molar-refractivity contribution in [2.75, 3.05) is 0 Å². The minimum Gasteiger partial charge on any atom is -0.300 e. The molecule has 0 spiro atoms. The molecule has 4 rings (SSSR count). The van der Waals surface area contributed by atoms with E-state index in [2.05, 4.69) is 42.5 Å². The van der Waals surface area contributed by atoms with E-state index in [1.807, 2.05) is 6.07 Å². The SMILES string of the molecule is CC(=O)Cc1cc(Cl)c2ccc3cccc4ccc1c2c34. The molecule has 0 radical (unpaired) electrons. The van der Waals surface area contributed by atoms with Gasteiger partial charge in [0.2, 0.25) is 0 Å². The number of hydrogen-bond acceptors (Lipinski definition) is 1. The lowest BCUT2D eigenvalue weighted by Crippen LogP contribution is -1.98. The third-order valence-electron chi connectivity index (χ3n) is 4.12. The first-order valence-electron chi connectivity index (χ1n) is 6.99. The Labute approximate surface area is 127 Å². The number of carbonyl (C=O) groups excluding carboxylic acids is 1. The predicted molar refractivity (Wildman–Crippen MR) is 89.5 cm³/mol. The lowest BCUT2D eigenvalue weighted by atomic mass is 9.91. The Bertz CT molecular complexity index is 985. The molecule has 2 heteroatoms. The van der Waals surface area contributed by atoms with Crippen LogP contribution in [-0.4, -0.2) is 5.78 Å². The monoisotopic (exact) mass is 292 g/mol. The lowest BCUT2D eigenvalue weighted by molar-refractivity contribution is -0.116. The Hall–Kier alpha value is -2.12. The van der Waals surface area contributed by atoms with Crippen molar-refractivity contribution < 1.29 is 4.79 Å². The largest absolute Gasteiger partial charge is 0.300 e. The molecule has 0 saturated heterocycles. The fourth-order valence-corrected chi connectivity index (χ4v) is 3.56. The summed E-state index contributed by atoms with van der Waals surface area (Å²) in [7, 11) is 0. The normalized spacial score (nSPS) is 11.7. The first-order chi connectivity index (χ1) is 10.1. The van der Waals surface area contributed by atoms with Crippen molar-refractivity contribution in [2.24, 2.45) is 0 Å². The quantitative estimate of drug-likeness (QED) is 0.454. The van der Waals surface area contributed by atoms with Crippen molar-refractivity contribution in [1.82, 2.24) is 0 Å². The van der Waals surface area contributed by atoms with Crippen LogP contribution in [0.15, 0.2) is 48.5 Å². The molecule has 0 bridgehead atoms. The number of carbonyl (C=O) groups is 1. The van der Waals surface area contributed by atoms with Crippen molar-refractivity contribution in [1.29, 1.82) is 0 Å².